The minimum absolute atomic E-state index is 0.176. The summed E-state index contributed by atoms with van der Waals surface area (Å²) in [5, 5.41) is 0. The van der Waals surface area contributed by atoms with Gasteiger partial charge in [-0.15, -0.1) is 0 Å². The molecule has 1 aliphatic heterocycles. The Morgan fingerprint density at radius 1 is 1.35 bits per heavy atom. The van der Waals surface area contributed by atoms with Crippen molar-refractivity contribution in [3.63, 3.8) is 0 Å². The maximum absolute atomic E-state index is 11.9. The van der Waals surface area contributed by atoms with Crippen LogP contribution in [0.2, 0.25) is 0 Å². The van der Waals surface area contributed by atoms with Crippen molar-refractivity contribution in [2.45, 2.75) is 25.8 Å². The van der Waals surface area contributed by atoms with Crippen LogP contribution in [-0.4, -0.2) is 23.9 Å². The Morgan fingerprint density at radius 2 is 2.06 bits per heavy atom. The Hall–Kier alpha value is -1.57. The van der Waals surface area contributed by atoms with Crippen LogP contribution in [0.4, 0.5) is 0 Å². The number of hydrogen-bond donors (Lipinski definition) is 0. The fourth-order valence-corrected chi connectivity index (χ4v) is 2.31. The van der Waals surface area contributed by atoms with Gasteiger partial charge in [0, 0.05) is 19.0 Å². The van der Waals surface area contributed by atoms with Crippen molar-refractivity contribution < 1.29 is 4.79 Å². The maximum Gasteiger partial charge on any atom is 0.226 e. The predicted octanol–water partition coefficient (Wildman–Crippen LogP) is 2.96. The van der Waals surface area contributed by atoms with Gasteiger partial charge in [0.2, 0.25) is 5.91 Å². The molecule has 0 spiro atoms. The van der Waals surface area contributed by atoms with Gasteiger partial charge in [0.05, 0.1) is 0 Å². The third kappa shape index (κ3) is 2.76. The first-order valence-electron chi connectivity index (χ1n) is 6.16. The molecule has 0 aliphatic carbocycles. The van der Waals surface area contributed by atoms with Crippen LogP contribution in [0.25, 0.3) is 6.08 Å². The third-order valence-corrected chi connectivity index (χ3v) is 3.51. The van der Waals surface area contributed by atoms with Crippen LogP contribution in [0.1, 0.15) is 25.3 Å². The van der Waals surface area contributed by atoms with Crippen LogP contribution >= 0.6 is 0 Å². The predicted molar refractivity (Wildman–Crippen MR) is 70.4 cm³/mol. The molecule has 17 heavy (non-hydrogen) atoms. The average Bonchev–Trinajstić information content (AvgIpc) is 2.59. The van der Waals surface area contributed by atoms with Gasteiger partial charge in [-0.3, -0.25) is 4.79 Å². The van der Waals surface area contributed by atoms with Crippen LogP contribution in [0.15, 0.2) is 36.4 Å². The molecule has 90 valence electrons. The lowest BCUT2D eigenvalue weighted by Gasteiger charge is -2.13. The van der Waals surface area contributed by atoms with Crippen molar-refractivity contribution in [3.05, 3.63) is 42.0 Å². The van der Waals surface area contributed by atoms with Crippen molar-refractivity contribution in [1.29, 1.82) is 0 Å². The molecular weight excluding hydrogens is 210 g/mol. The molecule has 2 atom stereocenters. The smallest absolute Gasteiger partial charge is 0.226 e. The molecule has 0 N–H and O–H groups in total. The van der Waals surface area contributed by atoms with E-state index in [1.54, 1.807) is 0 Å². The Morgan fingerprint density at radius 3 is 2.65 bits per heavy atom. The van der Waals surface area contributed by atoms with Gasteiger partial charge in [0.1, 0.15) is 0 Å². The monoisotopic (exact) mass is 229 g/mol. The lowest BCUT2D eigenvalue weighted by molar-refractivity contribution is -0.130. The molecule has 0 bridgehead atoms. The summed E-state index contributed by atoms with van der Waals surface area (Å²) >= 11 is 0. The highest BCUT2D eigenvalue weighted by Gasteiger charge is 2.33. The molecule has 1 aromatic rings. The van der Waals surface area contributed by atoms with Gasteiger partial charge in [-0.05, 0) is 25.3 Å². The van der Waals surface area contributed by atoms with Crippen molar-refractivity contribution in [2.75, 3.05) is 7.05 Å². The first kappa shape index (κ1) is 11.9. The van der Waals surface area contributed by atoms with E-state index in [0.717, 1.165) is 12.8 Å². The van der Waals surface area contributed by atoms with Crippen LogP contribution in [0.3, 0.4) is 0 Å². The van der Waals surface area contributed by atoms with E-state index in [2.05, 4.69) is 31.2 Å². The summed E-state index contributed by atoms with van der Waals surface area (Å²) in [5.74, 6) is 0.463. The van der Waals surface area contributed by atoms with E-state index in [1.807, 2.05) is 30.1 Å². The summed E-state index contributed by atoms with van der Waals surface area (Å²) in [6.45, 7) is 2.11. The molecule has 0 aromatic heterocycles. The molecule has 2 rings (SSSR count). The van der Waals surface area contributed by atoms with Crippen LogP contribution < -0.4 is 0 Å². The first-order chi connectivity index (χ1) is 8.18. The highest BCUT2D eigenvalue weighted by molar-refractivity contribution is 5.81. The van der Waals surface area contributed by atoms with Crippen LogP contribution in [-0.2, 0) is 4.79 Å². The normalized spacial score (nSPS) is 24.8. The van der Waals surface area contributed by atoms with E-state index in [9.17, 15) is 4.79 Å². The number of amides is 1. The van der Waals surface area contributed by atoms with Crippen molar-refractivity contribution >= 4 is 12.0 Å². The minimum Gasteiger partial charge on any atom is -0.343 e. The lowest BCUT2D eigenvalue weighted by atomic mass is 10.0. The van der Waals surface area contributed by atoms with Crippen molar-refractivity contribution in [1.82, 2.24) is 4.90 Å². The number of rotatable bonds is 3. The van der Waals surface area contributed by atoms with Gasteiger partial charge in [-0.2, -0.15) is 0 Å². The minimum atomic E-state index is 0.176. The number of benzene rings is 1. The van der Waals surface area contributed by atoms with E-state index in [4.69, 9.17) is 0 Å². The van der Waals surface area contributed by atoms with E-state index in [0.29, 0.717) is 6.04 Å². The zero-order chi connectivity index (χ0) is 12.3. The Balaban J connectivity index is 1.91. The molecule has 0 radical (unpaired) electrons. The number of nitrogens with zero attached hydrogens (tertiary/aromatic N) is 1. The molecule has 1 amide bonds. The largest absolute Gasteiger partial charge is 0.343 e. The fourth-order valence-electron chi connectivity index (χ4n) is 2.31. The van der Waals surface area contributed by atoms with Crippen LogP contribution in [0.5, 0.6) is 0 Å². The highest BCUT2D eigenvalue weighted by atomic mass is 16.2. The number of carbonyl (C=O) groups is 1. The van der Waals surface area contributed by atoms with Gasteiger partial charge in [0.25, 0.3) is 0 Å². The number of likely N-dealkylation sites (tertiary alicyclic amines) is 1. The molecule has 0 unspecified atom stereocenters. The van der Waals surface area contributed by atoms with Crippen molar-refractivity contribution in [3.8, 4) is 0 Å². The quantitative estimate of drug-likeness (QED) is 0.780. The number of hydrogen-bond acceptors (Lipinski definition) is 1. The zero-order valence-electron chi connectivity index (χ0n) is 10.5. The van der Waals surface area contributed by atoms with Gasteiger partial charge in [-0.25, -0.2) is 0 Å². The van der Waals surface area contributed by atoms with E-state index in [1.165, 1.54) is 5.56 Å². The topological polar surface area (TPSA) is 20.3 Å². The Kier molecular flexibility index (Phi) is 3.62. The molecule has 1 aliphatic rings. The summed E-state index contributed by atoms with van der Waals surface area (Å²) in [6.07, 6.45) is 6.04. The van der Waals surface area contributed by atoms with E-state index in [-0.39, 0.29) is 11.8 Å². The Bertz CT molecular complexity index is 410. The summed E-state index contributed by atoms with van der Waals surface area (Å²) in [6, 6.07) is 10.6. The first-order valence-corrected chi connectivity index (χ1v) is 6.16. The second-order valence-electron chi connectivity index (χ2n) is 4.78. The van der Waals surface area contributed by atoms with Crippen LogP contribution in [0, 0.1) is 5.92 Å². The molecule has 1 saturated heterocycles. The Labute approximate surface area is 103 Å². The zero-order valence-corrected chi connectivity index (χ0v) is 10.5. The highest BCUT2D eigenvalue weighted by Crippen LogP contribution is 2.25. The molecule has 1 fully saturated rings. The fraction of sp³-hybridized carbons (Fsp3) is 0.400. The molecule has 2 heteroatoms. The van der Waals surface area contributed by atoms with Crippen molar-refractivity contribution in [2.24, 2.45) is 5.92 Å². The van der Waals surface area contributed by atoms with E-state index >= 15 is 0 Å². The standard InChI is InChI=1S/C15H19NO/c1-12-11-14(15(17)16(12)2)10-6-9-13-7-4-3-5-8-13/h3-9,12,14H,10-11H2,1-2H3/b9-6+/t12-,14-/m1/s1. The summed E-state index contributed by atoms with van der Waals surface area (Å²) in [5.41, 5.74) is 1.19. The molecule has 2 nitrogen and oxygen atoms in total. The lowest BCUT2D eigenvalue weighted by Crippen LogP contribution is -2.27. The molecule has 0 saturated carbocycles. The number of allylic oxidation sites excluding steroid dienone is 1. The van der Waals surface area contributed by atoms with Gasteiger partial charge in [-0.1, -0.05) is 42.5 Å². The summed E-state index contributed by atoms with van der Waals surface area (Å²) in [7, 11) is 1.90. The average molecular weight is 229 g/mol. The summed E-state index contributed by atoms with van der Waals surface area (Å²) < 4.78 is 0. The molecular formula is C15H19NO. The second kappa shape index (κ2) is 5.17. The van der Waals surface area contributed by atoms with E-state index < -0.39 is 0 Å². The molecule has 1 aromatic carbocycles. The summed E-state index contributed by atoms with van der Waals surface area (Å²) in [4.78, 5) is 13.7. The second-order valence-corrected chi connectivity index (χ2v) is 4.78. The molecule has 1 heterocycles. The third-order valence-electron chi connectivity index (χ3n) is 3.51. The van der Waals surface area contributed by atoms with Gasteiger partial charge < -0.3 is 4.90 Å². The SMILES string of the molecule is C[C@@H]1C[C@@H](C/C=C/c2ccccc2)C(=O)N1C. The van der Waals surface area contributed by atoms with Gasteiger partial charge in [0.15, 0.2) is 0 Å². The van der Waals surface area contributed by atoms with Gasteiger partial charge >= 0.3 is 0 Å². The number of carbonyl (C=O) groups excluding carboxylic acids is 1. The maximum atomic E-state index is 11.9.